The van der Waals surface area contributed by atoms with E-state index in [0.717, 1.165) is 11.1 Å². The first-order chi connectivity index (χ1) is 11.1. The Balaban J connectivity index is 1.76. The molecule has 0 unspecified atom stereocenters. The Kier molecular flexibility index (Phi) is 4.26. The molecule has 1 aromatic heterocycles. The van der Waals surface area contributed by atoms with Crippen LogP contribution >= 0.6 is 11.6 Å². The van der Waals surface area contributed by atoms with Crippen LogP contribution in [0.1, 0.15) is 10.4 Å². The Labute approximate surface area is 137 Å². The summed E-state index contributed by atoms with van der Waals surface area (Å²) in [6, 6.07) is 17.7. The minimum Gasteiger partial charge on any atom is -0.327 e. The van der Waals surface area contributed by atoms with E-state index in [1.165, 1.54) is 12.3 Å². The normalized spacial score (nSPS) is 10.3. The van der Waals surface area contributed by atoms with Crippen molar-refractivity contribution in [2.24, 2.45) is 0 Å². The lowest BCUT2D eigenvalue weighted by Crippen LogP contribution is -2.13. The van der Waals surface area contributed by atoms with Gasteiger partial charge in [0.25, 0.3) is 5.91 Å². The SMILES string of the molecule is O=C(Nc1ccc(=O)[nH]c1)c1ccc(-c2ccc(Cl)cc2)cc1. The third kappa shape index (κ3) is 3.67. The highest BCUT2D eigenvalue weighted by atomic mass is 35.5. The molecule has 0 radical (unpaired) electrons. The molecule has 0 aliphatic heterocycles. The third-order valence-electron chi connectivity index (χ3n) is 3.37. The summed E-state index contributed by atoms with van der Waals surface area (Å²) >= 11 is 5.88. The van der Waals surface area contributed by atoms with E-state index >= 15 is 0 Å². The Bertz CT molecular complexity index is 864. The lowest BCUT2D eigenvalue weighted by atomic mass is 10.0. The zero-order valence-corrected chi connectivity index (χ0v) is 12.8. The van der Waals surface area contributed by atoms with Gasteiger partial charge in [-0.25, -0.2) is 0 Å². The van der Waals surface area contributed by atoms with Gasteiger partial charge in [-0.3, -0.25) is 9.59 Å². The highest BCUT2D eigenvalue weighted by Gasteiger charge is 2.06. The average Bonchev–Trinajstić information content (AvgIpc) is 2.58. The molecular weight excluding hydrogens is 312 g/mol. The largest absolute Gasteiger partial charge is 0.327 e. The first-order valence-corrected chi connectivity index (χ1v) is 7.36. The highest BCUT2D eigenvalue weighted by Crippen LogP contribution is 2.22. The summed E-state index contributed by atoms with van der Waals surface area (Å²) in [5.41, 5.74) is 2.89. The van der Waals surface area contributed by atoms with Crippen LogP contribution in [0.3, 0.4) is 0 Å². The summed E-state index contributed by atoms with van der Waals surface area (Å²) in [4.78, 5) is 25.7. The summed E-state index contributed by atoms with van der Waals surface area (Å²) in [5, 5.41) is 3.41. The number of aromatic nitrogens is 1. The van der Waals surface area contributed by atoms with Gasteiger partial charge in [0.05, 0.1) is 5.69 Å². The van der Waals surface area contributed by atoms with E-state index in [0.29, 0.717) is 16.3 Å². The molecule has 3 aromatic rings. The summed E-state index contributed by atoms with van der Waals surface area (Å²) in [6.45, 7) is 0. The van der Waals surface area contributed by atoms with Crippen LogP contribution in [0.2, 0.25) is 5.02 Å². The van der Waals surface area contributed by atoms with Crippen LogP contribution < -0.4 is 10.9 Å². The van der Waals surface area contributed by atoms with Gasteiger partial charge in [0.2, 0.25) is 5.56 Å². The Morgan fingerprint density at radius 1 is 0.870 bits per heavy atom. The van der Waals surface area contributed by atoms with Crippen LogP contribution in [-0.2, 0) is 0 Å². The molecule has 5 heteroatoms. The maximum Gasteiger partial charge on any atom is 0.255 e. The van der Waals surface area contributed by atoms with Gasteiger partial charge in [-0.1, -0.05) is 35.9 Å². The minimum atomic E-state index is -0.236. The van der Waals surface area contributed by atoms with Crippen molar-refractivity contribution in [3.63, 3.8) is 0 Å². The van der Waals surface area contributed by atoms with Gasteiger partial charge >= 0.3 is 0 Å². The molecule has 0 aliphatic carbocycles. The topological polar surface area (TPSA) is 62.0 Å². The second-order valence-electron chi connectivity index (χ2n) is 4.98. The van der Waals surface area contributed by atoms with Crippen LogP contribution in [-0.4, -0.2) is 10.9 Å². The number of carbonyl (C=O) groups is 1. The molecule has 23 heavy (non-hydrogen) atoms. The monoisotopic (exact) mass is 324 g/mol. The number of pyridine rings is 1. The number of halogens is 1. The molecule has 0 saturated carbocycles. The van der Waals surface area contributed by atoms with Crippen molar-refractivity contribution in [2.75, 3.05) is 5.32 Å². The predicted octanol–water partition coefficient (Wildman–Crippen LogP) is 3.95. The van der Waals surface area contributed by atoms with Gasteiger partial charge in [-0.2, -0.15) is 0 Å². The van der Waals surface area contributed by atoms with Crippen molar-refractivity contribution in [3.05, 3.63) is 87.8 Å². The number of nitrogens with one attached hydrogen (secondary N) is 2. The molecule has 2 aromatic carbocycles. The van der Waals surface area contributed by atoms with E-state index in [1.807, 2.05) is 36.4 Å². The first-order valence-electron chi connectivity index (χ1n) is 6.98. The van der Waals surface area contributed by atoms with Crippen LogP contribution in [0.15, 0.2) is 71.7 Å². The molecule has 4 nitrogen and oxygen atoms in total. The average molecular weight is 325 g/mol. The van der Waals surface area contributed by atoms with Crippen molar-refractivity contribution >= 4 is 23.2 Å². The van der Waals surface area contributed by atoms with Gasteiger partial charge in [0.1, 0.15) is 0 Å². The fourth-order valence-corrected chi connectivity index (χ4v) is 2.27. The number of carbonyl (C=O) groups excluding carboxylic acids is 1. The first kappa shape index (κ1) is 15.1. The van der Waals surface area contributed by atoms with E-state index in [2.05, 4.69) is 10.3 Å². The number of hydrogen-bond donors (Lipinski definition) is 2. The minimum absolute atomic E-state index is 0.213. The molecule has 0 saturated heterocycles. The zero-order valence-electron chi connectivity index (χ0n) is 12.0. The summed E-state index contributed by atoms with van der Waals surface area (Å²) in [6.07, 6.45) is 1.46. The van der Waals surface area contributed by atoms with Gasteiger partial charge in [-0.05, 0) is 41.5 Å². The molecule has 0 aliphatic rings. The second kappa shape index (κ2) is 6.50. The van der Waals surface area contributed by atoms with Crippen molar-refractivity contribution in [1.29, 1.82) is 0 Å². The lowest BCUT2D eigenvalue weighted by Gasteiger charge is -2.06. The fraction of sp³-hybridized carbons (Fsp3) is 0. The quantitative estimate of drug-likeness (QED) is 0.766. The zero-order chi connectivity index (χ0) is 16.2. The van der Waals surface area contributed by atoms with E-state index < -0.39 is 0 Å². The molecule has 114 valence electrons. The van der Waals surface area contributed by atoms with Gasteiger partial charge < -0.3 is 10.3 Å². The number of anilines is 1. The molecule has 0 atom stereocenters. The molecule has 2 N–H and O–H groups in total. The van der Waals surface area contributed by atoms with Crippen LogP contribution in [0.5, 0.6) is 0 Å². The Morgan fingerprint density at radius 3 is 2.04 bits per heavy atom. The molecule has 1 amide bonds. The number of amides is 1. The maximum atomic E-state index is 12.2. The van der Waals surface area contributed by atoms with E-state index in [4.69, 9.17) is 11.6 Å². The molecule has 0 spiro atoms. The number of hydrogen-bond acceptors (Lipinski definition) is 2. The number of aromatic amines is 1. The molecular formula is C18H13ClN2O2. The molecule has 3 rings (SSSR count). The summed E-state index contributed by atoms with van der Waals surface area (Å²) < 4.78 is 0. The number of H-pyrrole nitrogens is 1. The van der Waals surface area contributed by atoms with E-state index in [9.17, 15) is 9.59 Å². The maximum absolute atomic E-state index is 12.2. The van der Waals surface area contributed by atoms with Crippen LogP contribution in [0.4, 0.5) is 5.69 Å². The fourth-order valence-electron chi connectivity index (χ4n) is 2.15. The second-order valence-corrected chi connectivity index (χ2v) is 5.42. The Hall–Kier alpha value is -2.85. The van der Waals surface area contributed by atoms with E-state index in [1.54, 1.807) is 18.2 Å². The molecule has 1 heterocycles. The third-order valence-corrected chi connectivity index (χ3v) is 3.62. The Morgan fingerprint density at radius 2 is 1.48 bits per heavy atom. The van der Waals surface area contributed by atoms with E-state index in [-0.39, 0.29) is 11.5 Å². The van der Waals surface area contributed by atoms with Gasteiger partial charge in [0.15, 0.2) is 0 Å². The summed E-state index contributed by atoms with van der Waals surface area (Å²) in [5.74, 6) is -0.236. The smallest absolute Gasteiger partial charge is 0.255 e. The predicted molar refractivity (Wildman–Crippen MR) is 91.9 cm³/mol. The van der Waals surface area contributed by atoms with Crippen molar-refractivity contribution in [3.8, 4) is 11.1 Å². The molecule has 0 bridgehead atoms. The van der Waals surface area contributed by atoms with Gasteiger partial charge in [0, 0.05) is 22.8 Å². The summed E-state index contributed by atoms with van der Waals surface area (Å²) in [7, 11) is 0. The van der Waals surface area contributed by atoms with Crippen LogP contribution in [0.25, 0.3) is 11.1 Å². The van der Waals surface area contributed by atoms with Crippen LogP contribution in [0, 0.1) is 0 Å². The lowest BCUT2D eigenvalue weighted by molar-refractivity contribution is 0.102. The van der Waals surface area contributed by atoms with Crippen molar-refractivity contribution in [1.82, 2.24) is 4.98 Å². The van der Waals surface area contributed by atoms with Crippen molar-refractivity contribution in [2.45, 2.75) is 0 Å². The van der Waals surface area contributed by atoms with Crippen molar-refractivity contribution < 1.29 is 4.79 Å². The van der Waals surface area contributed by atoms with Gasteiger partial charge in [-0.15, -0.1) is 0 Å². The number of benzene rings is 2. The standard InChI is InChI=1S/C18H13ClN2O2/c19-15-7-5-13(6-8-15)12-1-3-14(4-2-12)18(23)21-16-9-10-17(22)20-11-16/h1-11H,(H,20,22)(H,21,23). The highest BCUT2D eigenvalue weighted by molar-refractivity contribution is 6.30. The number of rotatable bonds is 3. The molecule has 0 fully saturated rings.